The minimum Gasteiger partial charge on any atom is -0.458 e. The Morgan fingerprint density at radius 3 is 2.84 bits per heavy atom. The largest absolute Gasteiger partial charge is 0.458 e. The highest BCUT2D eigenvalue weighted by Gasteiger charge is 2.28. The maximum absolute atomic E-state index is 13.7. The molecule has 1 aliphatic rings. The molecule has 0 saturated heterocycles. The van der Waals surface area contributed by atoms with Crippen molar-refractivity contribution in [3.05, 3.63) is 29.6 Å². The molecule has 0 amide bonds. The Bertz CT molecular complexity index is 461. The zero-order valence-corrected chi connectivity index (χ0v) is 11.2. The van der Waals surface area contributed by atoms with E-state index in [2.05, 4.69) is 6.92 Å². The van der Waals surface area contributed by atoms with Gasteiger partial charge in [0, 0.05) is 5.69 Å². The minimum absolute atomic E-state index is 0.0328. The van der Waals surface area contributed by atoms with Gasteiger partial charge in [-0.2, -0.15) is 0 Å². The van der Waals surface area contributed by atoms with E-state index in [9.17, 15) is 9.18 Å². The van der Waals surface area contributed by atoms with Crippen molar-refractivity contribution in [3.8, 4) is 0 Å². The van der Waals surface area contributed by atoms with Gasteiger partial charge in [0.2, 0.25) is 0 Å². The number of carbonyl (C=O) groups excluding carboxylic acids is 1. The zero-order chi connectivity index (χ0) is 13.8. The Kier molecular flexibility index (Phi) is 4.40. The lowest BCUT2D eigenvalue weighted by atomic mass is 9.85. The highest BCUT2D eigenvalue weighted by molar-refractivity contribution is 5.90. The van der Waals surface area contributed by atoms with Crippen LogP contribution in [0.4, 0.5) is 10.1 Å². The Balaban J connectivity index is 2.07. The Hall–Kier alpha value is -1.58. The second-order valence-corrected chi connectivity index (χ2v) is 5.14. The summed E-state index contributed by atoms with van der Waals surface area (Å²) in [5.41, 5.74) is 5.73. The van der Waals surface area contributed by atoms with Gasteiger partial charge in [-0.15, -0.1) is 0 Å². The summed E-state index contributed by atoms with van der Waals surface area (Å²) in [7, 11) is 0. The molecule has 2 N–H and O–H groups in total. The number of halogens is 1. The molecule has 0 spiro atoms. The number of nitrogens with two attached hydrogens (primary N) is 1. The molecule has 1 fully saturated rings. The summed E-state index contributed by atoms with van der Waals surface area (Å²) in [5.74, 6) is -0.800. The number of benzene rings is 1. The van der Waals surface area contributed by atoms with Gasteiger partial charge in [0.05, 0.1) is 5.56 Å². The SMILES string of the molecule is CCC1CCCCC1OC(=O)c1ccc(N)cc1F. The Morgan fingerprint density at radius 1 is 1.42 bits per heavy atom. The van der Waals surface area contributed by atoms with Gasteiger partial charge < -0.3 is 10.5 Å². The third-order valence-corrected chi connectivity index (χ3v) is 3.84. The number of carbonyl (C=O) groups is 1. The molecule has 19 heavy (non-hydrogen) atoms. The van der Waals surface area contributed by atoms with E-state index in [-0.39, 0.29) is 11.7 Å². The number of rotatable bonds is 3. The maximum atomic E-state index is 13.7. The molecule has 1 aliphatic carbocycles. The van der Waals surface area contributed by atoms with Gasteiger partial charge in [-0.1, -0.05) is 13.3 Å². The first-order chi connectivity index (χ1) is 9.11. The first-order valence-electron chi connectivity index (χ1n) is 6.87. The van der Waals surface area contributed by atoms with Crippen LogP contribution in [0.15, 0.2) is 18.2 Å². The highest BCUT2D eigenvalue weighted by atomic mass is 19.1. The summed E-state index contributed by atoms with van der Waals surface area (Å²) in [6.45, 7) is 2.10. The van der Waals surface area contributed by atoms with Crippen LogP contribution in [0.2, 0.25) is 0 Å². The van der Waals surface area contributed by atoms with Gasteiger partial charge in [-0.05, 0) is 49.8 Å². The van der Waals surface area contributed by atoms with E-state index in [1.165, 1.54) is 18.6 Å². The summed E-state index contributed by atoms with van der Waals surface area (Å²) >= 11 is 0. The molecule has 2 rings (SSSR count). The van der Waals surface area contributed by atoms with Crippen LogP contribution < -0.4 is 5.73 Å². The van der Waals surface area contributed by atoms with Crippen molar-refractivity contribution in [2.75, 3.05) is 5.73 Å². The molecule has 0 aromatic heterocycles. The molecule has 4 heteroatoms. The molecule has 1 saturated carbocycles. The summed E-state index contributed by atoms with van der Waals surface area (Å²) in [6.07, 6.45) is 5.12. The van der Waals surface area contributed by atoms with Crippen LogP contribution >= 0.6 is 0 Å². The van der Waals surface area contributed by atoms with Crippen LogP contribution in [0.5, 0.6) is 0 Å². The summed E-state index contributed by atoms with van der Waals surface area (Å²) in [4.78, 5) is 12.0. The third kappa shape index (κ3) is 3.25. The molecule has 104 valence electrons. The van der Waals surface area contributed by atoms with E-state index in [1.807, 2.05) is 0 Å². The number of ether oxygens (including phenoxy) is 1. The lowest BCUT2D eigenvalue weighted by Crippen LogP contribution is -2.30. The monoisotopic (exact) mass is 265 g/mol. The molecule has 0 heterocycles. The average molecular weight is 265 g/mol. The molecule has 2 atom stereocenters. The first-order valence-corrected chi connectivity index (χ1v) is 6.87. The molecule has 2 unspecified atom stereocenters. The standard InChI is InChI=1S/C15H20FNO2/c1-2-10-5-3-4-6-14(10)19-15(18)12-8-7-11(17)9-13(12)16/h7-10,14H,2-6,17H2,1H3. The van der Waals surface area contributed by atoms with E-state index in [0.717, 1.165) is 31.7 Å². The Morgan fingerprint density at radius 2 is 2.16 bits per heavy atom. The lowest BCUT2D eigenvalue weighted by molar-refractivity contribution is 0.000284. The number of nitrogen functional groups attached to an aromatic ring is 1. The third-order valence-electron chi connectivity index (χ3n) is 3.84. The molecular formula is C15H20FNO2. The highest BCUT2D eigenvalue weighted by Crippen LogP contribution is 2.30. The first kappa shape index (κ1) is 13.8. The van der Waals surface area contributed by atoms with Gasteiger partial charge in [0.25, 0.3) is 0 Å². The predicted octanol–water partition coefficient (Wildman–Crippen LogP) is 3.53. The topological polar surface area (TPSA) is 52.3 Å². The summed E-state index contributed by atoms with van der Waals surface area (Å²) in [5, 5.41) is 0. The van der Waals surface area contributed by atoms with Gasteiger partial charge in [-0.25, -0.2) is 9.18 Å². The number of esters is 1. The molecule has 1 aromatic carbocycles. The second kappa shape index (κ2) is 6.04. The van der Waals surface area contributed by atoms with Crippen LogP contribution in [0.3, 0.4) is 0 Å². The van der Waals surface area contributed by atoms with Crippen molar-refractivity contribution in [1.29, 1.82) is 0 Å². The van der Waals surface area contributed by atoms with Gasteiger partial charge >= 0.3 is 5.97 Å². The van der Waals surface area contributed by atoms with Crippen molar-refractivity contribution in [2.24, 2.45) is 5.92 Å². The number of hydrogen-bond acceptors (Lipinski definition) is 3. The van der Waals surface area contributed by atoms with Gasteiger partial charge in [-0.3, -0.25) is 0 Å². The van der Waals surface area contributed by atoms with Crippen LogP contribution in [0.1, 0.15) is 49.4 Å². The van der Waals surface area contributed by atoms with Crippen LogP contribution in [0.25, 0.3) is 0 Å². The molecule has 3 nitrogen and oxygen atoms in total. The van der Waals surface area contributed by atoms with Crippen molar-refractivity contribution in [3.63, 3.8) is 0 Å². The fourth-order valence-corrected chi connectivity index (χ4v) is 2.69. The smallest absolute Gasteiger partial charge is 0.341 e. The van der Waals surface area contributed by atoms with Gasteiger partial charge in [0.15, 0.2) is 0 Å². The van der Waals surface area contributed by atoms with E-state index in [1.54, 1.807) is 0 Å². The number of hydrogen-bond donors (Lipinski definition) is 1. The van der Waals surface area contributed by atoms with E-state index in [0.29, 0.717) is 11.6 Å². The molecular weight excluding hydrogens is 245 g/mol. The molecule has 0 aliphatic heterocycles. The molecule has 0 radical (unpaired) electrons. The number of anilines is 1. The summed E-state index contributed by atoms with van der Waals surface area (Å²) < 4.78 is 19.1. The van der Waals surface area contributed by atoms with Crippen LogP contribution in [-0.2, 0) is 4.74 Å². The van der Waals surface area contributed by atoms with Crippen molar-refractivity contribution < 1.29 is 13.9 Å². The maximum Gasteiger partial charge on any atom is 0.341 e. The summed E-state index contributed by atoms with van der Waals surface area (Å²) in [6, 6.07) is 4.05. The van der Waals surface area contributed by atoms with E-state index < -0.39 is 11.8 Å². The second-order valence-electron chi connectivity index (χ2n) is 5.14. The van der Waals surface area contributed by atoms with Crippen LogP contribution in [-0.4, -0.2) is 12.1 Å². The predicted molar refractivity (Wildman–Crippen MR) is 72.3 cm³/mol. The molecule has 0 bridgehead atoms. The normalized spacial score (nSPS) is 23.1. The van der Waals surface area contributed by atoms with E-state index in [4.69, 9.17) is 10.5 Å². The minimum atomic E-state index is -0.617. The fraction of sp³-hybridized carbons (Fsp3) is 0.533. The lowest BCUT2D eigenvalue weighted by Gasteiger charge is -2.30. The van der Waals surface area contributed by atoms with Crippen LogP contribution in [0, 0.1) is 11.7 Å². The zero-order valence-electron chi connectivity index (χ0n) is 11.2. The van der Waals surface area contributed by atoms with Crippen molar-refractivity contribution in [1.82, 2.24) is 0 Å². The average Bonchev–Trinajstić information content (AvgIpc) is 2.39. The van der Waals surface area contributed by atoms with Gasteiger partial charge in [0.1, 0.15) is 11.9 Å². The van der Waals surface area contributed by atoms with Crippen molar-refractivity contribution >= 4 is 11.7 Å². The Labute approximate surface area is 112 Å². The quantitative estimate of drug-likeness (QED) is 0.672. The molecule has 1 aromatic rings. The fourth-order valence-electron chi connectivity index (χ4n) is 2.69. The van der Waals surface area contributed by atoms with Crippen molar-refractivity contribution in [2.45, 2.75) is 45.1 Å². The van der Waals surface area contributed by atoms with E-state index >= 15 is 0 Å².